The molecule has 1 saturated carbocycles. The third-order valence-corrected chi connectivity index (χ3v) is 4.41. The summed E-state index contributed by atoms with van der Waals surface area (Å²) in [6.07, 6.45) is 6.13. The number of carbonyl (C=O) groups is 1. The molecule has 6 heteroatoms. The second-order valence-corrected chi connectivity index (χ2v) is 6.36. The molecule has 0 aliphatic heterocycles. The molecule has 0 radical (unpaired) electrons. The van der Waals surface area contributed by atoms with Crippen LogP contribution in [-0.2, 0) is 0 Å². The molecule has 1 N–H and O–H groups in total. The topological polar surface area (TPSA) is 51.2 Å². The summed E-state index contributed by atoms with van der Waals surface area (Å²) in [5.41, 5.74) is 1.47. The van der Waals surface area contributed by atoms with Gasteiger partial charge in [-0.3, -0.25) is 9.78 Å². The molecule has 0 atom stereocenters. The van der Waals surface area contributed by atoms with Crippen molar-refractivity contribution >= 4 is 5.91 Å². The van der Waals surface area contributed by atoms with Gasteiger partial charge in [-0.1, -0.05) is 0 Å². The van der Waals surface area contributed by atoms with Gasteiger partial charge in [0.2, 0.25) is 0 Å². The molecule has 0 saturated heterocycles. The number of ether oxygens (including phenoxy) is 1. The molecule has 1 aromatic heterocycles. The lowest BCUT2D eigenvalue weighted by Gasteiger charge is -2.29. The Kier molecular flexibility index (Phi) is 5.26. The Balaban J connectivity index is 1.52. The first-order valence-corrected chi connectivity index (χ1v) is 8.35. The molecule has 0 spiro atoms. The van der Waals surface area contributed by atoms with E-state index in [9.17, 15) is 13.6 Å². The molecule has 132 valence electrons. The SMILES string of the molecule is Cc1cnccc1C(=O)NC1CCC(Oc2cc(F)cc(F)c2)CC1. The van der Waals surface area contributed by atoms with E-state index in [4.69, 9.17) is 4.74 Å². The van der Waals surface area contributed by atoms with E-state index in [0.717, 1.165) is 37.3 Å². The summed E-state index contributed by atoms with van der Waals surface area (Å²) >= 11 is 0. The molecule has 0 unspecified atom stereocenters. The smallest absolute Gasteiger partial charge is 0.251 e. The number of nitrogens with one attached hydrogen (secondary N) is 1. The van der Waals surface area contributed by atoms with E-state index < -0.39 is 11.6 Å². The van der Waals surface area contributed by atoms with Crippen molar-refractivity contribution < 1.29 is 18.3 Å². The van der Waals surface area contributed by atoms with Crippen LogP contribution in [0.3, 0.4) is 0 Å². The number of carbonyl (C=O) groups excluding carboxylic acids is 1. The number of hydrogen-bond donors (Lipinski definition) is 1. The van der Waals surface area contributed by atoms with E-state index in [0.29, 0.717) is 5.56 Å². The van der Waals surface area contributed by atoms with Crippen LogP contribution in [-0.4, -0.2) is 23.0 Å². The molecule has 3 rings (SSSR count). The summed E-state index contributed by atoms with van der Waals surface area (Å²) in [4.78, 5) is 16.3. The van der Waals surface area contributed by atoms with Crippen molar-refractivity contribution in [2.75, 3.05) is 0 Å². The Bertz CT molecular complexity index is 739. The van der Waals surface area contributed by atoms with Crippen LogP contribution in [0.15, 0.2) is 36.7 Å². The highest BCUT2D eigenvalue weighted by Crippen LogP contribution is 2.25. The lowest BCUT2D eigenvalue weighted by Crippen LogP contribution is -2.40. The van der Waals surface area contributed by atoms with Crippen LogP contribution in [0.2, 0.25) is 0 Å². The van der Waals surface area contributed by atoms with Crippen molar-refractivity contribution in [3.05, 3.63) is 59.4 Å². The normalized spacial score (nSPS) is 20.1. The van der Waals surface area contributed by atoms with E-state index in [1.54, 1.807) is 18.5 Å². The van der Waals surface area contributed by atoms with Crippen molar-refractivity contribution in [1.82, 2.24) is 10.3 Å². The third kappa shape index (κ3) is 4.53. The van der Waals surface area contributed by atoms with Crippen molar-refractivity contribution in [3.63, 3.8) is 0 Å². The van der Waals surface area contributed by atoms with E-state index in [-0.39, 0.29) is 23.8 Å². The minimum atomic E-state index is -0.649. The Morgan fingerprint density at radius 3 is 2.48 bits per heavy atom. The highest BCUT2D eigenvalue weighted by Gasteiger charge is 2.24. The van der Waals surface area contributed by atoms with Crippen LogP contribution in [0.4, 0.5) is 8.78 Å². The number of halogens is 2. The van der Waals surface area contributed by atoms with Crippen molar-refractivity contribution in [1.29, 1.82) is 0 Å². The Morgan fingerprint density at radius 2 is 1.84 bits per heavy atom. The first kappa shape index (κ1) is 17.3. The van der Waals surface area contributed by atoms with Gasteiger partial charge < -0.3 is 10.1 Å². The number of aromatic nitrogens is 1. The van der Waals surface area contributed by atoms with Crippen LogP contribution in [0.1, 0.15) is 41.6 Å². The molecule has 25 heavy (non-hydrogen) atoms. The minimum absolute atomic E-state index is 0.0733. The molecule has 1 fully saturated rings. The summed E-state index contributed by atoms with van der Waals surface area (Å²) < 4.78 is 32.1. The quantitative estimate of drug-likeness (QED) is 0.916. The maximum Gasteiger partial charge on any atom is 0.251 e. The van der Waals surface area contributed by atoms with Crippen molar-refractivity contribution in [2.45, 2.75) is 44.8 Å². The summed E-state index contributed by atoms with van der Waals surface area (Å²) in [6.45, 7) is 1.85. The largest absolute Gasteiger partial charge is 0.490 e. The second-order valence-electron chi connectivity index (χ2n) is 6.36. The second kappa shape index (κ2) is 7.59. The highest BCUT2D eigenvalue weighted by atomic mass is 19.1. The average molecular weight is 346 g/mol. The van der Waals surface area contributed by atoms with Gasteiger partial charge in [-0.2, -0.15) is 0 Å². The molecular weight excluding hydrogens is 326 g/mol. The zero-order valence-electron chi connectivity index (χ0n) is 14.0. The summed E-state index contributed by atoms with van der Waals surface area (Å²) in [7, 11) is 0. The standard InChI is InChI=1S/C19H20F2N2O2/c1-12-11-22-7-6-18(12)19(24)23-15-2-4-16(5-3-15)25-17-9-13(20)8-14(21)10-17/h6-11,15-16H,2-5H2,1H3,(H,23,24). The zero-order chi connectivity index (χ0) is 17.8. The van der Waals surface area contributed by atoms with Gasteiger partial charge in [0, 0.05) is 42.2 Å². The lowest BCUT2D eigenvalue weighted by atomic mass is 9.92. The van der Waals surface area contributed by atoms with E-state index in [1.807, 2.05) is 6.92 Å². The van der Waals surface area contributed by atoms with Crippen molar-refractivity contribution in [2.24, 2.45) is 0 Å². The number of rotatable bonds is 4. The summed E-state index contributed by atoms with van der Waals surface area (Å²) in [5.74, 6) is -1.19. The monoisotopic (exact) mass is 346 g/mol. The van der Waals surface area contributed by atoms with Crippen LogP contribution < -0.4 is 10.1 Å². The molecule has 1 aliphatic rings. The van der Waals surface area contributed by atoms with E-state index >= 15 is 0 Å². The number of amides is 1. The first-order valence-electron chi connectivity index (χ1n) is 8.35. The molecular formula is C19H20F2N2O2. The lowest BCUT2D eigenvalue weighted by molar-refractivity contribution is 0.0892. The maximum atomic E-state index is 13.2. The number of benzene rings is 1. The van der Waals surface area contributed by atoms with E-state index in [2.05, 4.69) is 10.3 Å². The van der Waals surface area contributed by atoms with Crippen LogP contribution >= 0.6 is 0 Å². The number of aryl methyl sites for hydroxylation is 1. The van der Waals surface area contributed by atoms with Gasteiger partial charge in [-0.05, 0) is 44.2 Å². The van der Waals surface area contributed by atoms with Gasteiger partial charge in [0.25, 0.3) is 5.91 Å². The minimum Gasteiger partial charge on any atom is -0.490 e. The first-order chi connectivity index (χ1) is 12.0. The van der Waals surface area contributed by atoms with Gasteiger partial charge >= 0.3 is 0 Å². The fourth-order valence-electron chi connectivity index (χ4n) is 3.11. The third-order valence-electron chi connectivity index (χ3n) is 4.41. The average Bonchev–Trinajstić information content (AvgIpc) is 2.56. The summed E-state index contributed by atoms with van der Waals surface area (Å²) in [6, 6.07) is 4.97. The van der Waals surface area contributed by atoms with Crippen LogP contribution in [0.5, 0.6) is 5.75 Å². The maximum absolute atomic E-state index is 13.2. The van der Waals surface area contributed by atoms with Gasteiger partial charge in [-0.25, -0.2) is 8.78 Å². The van der Waals surface area contributed by atoms with Gasteiger partial charge in [0.15, 0.2) is 0 Å². The molecule has 4 nitrogen and oxygen atoms in total. The Morgan fingerprint density at radius 1 is 1.16 bits per heavy atom. The van der Waals surface area contributed by atoms with E-state index in [1.165, 1.54) is 12.1 Å². The van der Waals surface area contributed by atoms with Gasteiger partial charge in [0.05, 0.1) is 6.10 Å². The summed E-state index contributed by atoms with van der Waals surface area (Å²) in [5, 5.41) is 3.04. The molecule has 1 heterocycles. The van der Waals surface area contributed by atoms with Crippen LogP contribution in [0.25, 0.3) is 0 Å². The molecule has 2 aromatic rings. The number of nitrogens with zero attached hydrogens (tertiary/aromatic N) is 1. The molecule has 1 aliphatic carbocycles. The fraction of sp³-hybridized carbons (Fsp3) is 0.368. The predicted molar refractivity (Wildman–Crippen MR) is 89.5 cm³/mol. The van der Waals surface area contributed by atoms with Gasteiger partial charge in [-0.15, -0.1) is 0 Å². The molecule has 0 bridgehead atoms. The van der Waals surface area contributed by atoms with Gasteiger partial charge in [0.1, 0.15) is 17.4 Å². The fourth-order valence-corrected chi connectivity index (χ4v) is 3.11. The molecule has 1 amide bonds. The Hall–Kier alpha value is -2.50. The predicted octanol–water partition coefficient (Wildman–Crippen LogP) is 3.79. The van der Waals surface area contributed by atoms with Crippen LogP contribution in [0, 0.1) is 18.6 Å². The number of pyridine rings is 1. The number of hydrogen-bond acceptors (Lipinski definition) is 3. The Labute approximate surface area is 145 Å². The molecule has 1 aromatic carbocycles. The highest BCUT2D eigenvalue weighted by molar-refractivity contribution is 5.95. The van der Waals surface area contributed by atoms with Crippen molar-refractivity contribution in [3.8, 4) is 5.75 Å². The zero-order valence-corrected chi connectivity index (χ0v) is 14.0.